The standard InChI is InChI=1S/C25H40N2.CH2O/c1-6-8-18(3)11-20-12-19(4)14-25(5,15-20)17-27-22-9-10-24-23(13-22)21(7-2)16-26-24;1-2/h9-10,13,16,18-20,26-27H,6-8,11-12,14-15,17H2,1-5H3;1H2. The lowest BCUT2D eigenvalue weighted by Crippen LogP contribution is -2.36. The fourth-order valence-electron chi connectivity index (χ4n) is 5.76. The molecule has 0 aliphatic heterocycles. The molecule has 1 aliphatic rings. The minimum Gasteiger partial charge on any atom is -0.384 e. The molecule has 1 aromatic heterocycles. The van der Waals surface area contributed by atoms with Crippen molar-refractivity contribution in [3.8, 4) is 0 Å². The summed E-state index contributed by atoms with van der Waals surface area (Å²) in [7, 11) is 0. The molecule has 1 saturated carbocycles. The van der Waals surface area contributed by atoms with E-state index in [2.05, 4.69) is 69.3 Å². The Morgan fingerprint density at radius 1 is 1.28 bits per heavy atom. The Labute approximate surface area is 178 Å². The van der Waals surface area contributed by atoms with Crippen LogP contribution in [0.2, 0.25) is 0 Å². The van der Waals surface area contributed by atoms with Gasteiger partial charge >= 0.3 is 0 Å². The number of fused-ring (bicyclic) bond motifs is 1. The highest BCUT2D eigenvalue weighted by Gasteiger charge is 2.35. The van der Waals surface area contributed by atoms with E-state index >= 15 is 0 Å². The Hall–Kier alpha value is -1.77. The number of hydrogen-bond donors (Lipinski definition) is 2. The summed E-state index contributed by atoms with van der Waals surface area (Å²) in [5, 5.41) is 5.17. The van der Waals surface area contributed by atoms with Gasteiger partial charge < -0.3 is 15.1 Å². The third-order valence-electron chi connectivity index (χ3n) is 6.74. The van der Waals surface area contributed by atoms with Gasteiger partial charge in [0.2, 0.25) is 0 Å². The van der Waals surface area contributed by atoms with Gasteiger partial charge in [-0.15, -0.1) is 0 Å². The number of nitrogens with one attached hydrogen (secondary N) is 2. The molecule has 1 fully saturated rings. The van der Waals surface area contributed by atoms with Crippen molar-refractivity contribution in [3.63, 3.8) is 0 Å². The first kappa shape index (κ1) is 23.5. The molecule has 3 rings (SSSR count). The van der Waals surface area contributed by atoms with Crippen molar-refractivity contribution in [1.29, 1.82) is 0 Å². The molecule has 162 valence electrons. The maximum absolute atomic E-state index is 8.00. The van der Waals surface area contributed by atoms with Gasteiger partial charge in [0, 0.05) is 29.3 Å². The molecule has 4 unspecified atom stereocenters. The topological polar surface area (TPSA) is 44.9 Å². The van der Waals surface area contributed by atoms with Crippen molar-refractivity contribution < 1.29 is 4.79 Å². The van der Waals surface area contributed by atoms with Crippen LogP contribution in [0.1, 0.15) is 78.7 Å². The van der Waals surface area contributed by atoms with Gasteiger partial charge in [-0.1, -0.05) is 47.5 Å². The fourth-order valence-corrected chi connectivity index (χ4v) is 5.76. The van der Waals surface area contributed by atoms with Crippen LogP contribution in [0.15, 0.2) is 24.4 Å². The first-order valence-corrected chi connectivity index (χ1v) is 11.5. The average molecular weight is 399 g/mol. The van der Waals surface area contributed by atoms with Gasteiger partial charge in [0.15, 0.2) is 0 Å². The Balaban J connectivity index is 0.00000145. The van der Waals surface area contributed by atoms with Gasteiger partial charge in [0.1, 0.15) is 6.79 Å². The summed E-state index contributed by atoms with van der Waals surface area (Å²) in [6.07, 6.45) is 11.5. The van der Waals surface area contributed by atoms with Crippen LogP contribution >= 0.6 is 0 Å². The van der Waals surface area contributed by atoms with E-state index in [4.69, 9.17) is 4.79 Å². The van der Waals surface area contributed by atoms with Crippen LogP contribution in [0.25, 0.3) is 10.9 Å². The van der Waals surface area contributed by atoms with Crippen molar-refractivity contribution >= 4 is 23.4 Å². The minimum absolute atomic E-state index is 0.412. The second-order valence-electron chi connectivity index (χ2n) is 9.84. The summed E-state index contributed by atoms with van der Waals surface area (Å²) in [6.45, 7) is 15.1. The molecule has 0 spiro atoms. The molecular formula is C26H42N2O. The lowest BCUT2D eigenvalue weighted by Gasteiger charge is -2.42. The first-order valence-electron chi connectivity index (χ1n) is 11.5. The summed E-state index contributed by atoms with van der Waals surface area (Å²) in [5.74, 6) is 2.63. The van der Waals surface area contributed by atoms with E-state index in [1.807, 2.05) is 6.79 Å². The van der Waals surface area contributed by atoms with Crippen LogP contribution in [0.5, 0.6) is 0 Å². The molecule has 1 aliphatic carbocycles. The van der Waals surface area contributed by atoms with E-state index in [-0.39, 0.29) is 0 Å². The van der Waals surface area contributed by atoms with E-state index in [1.165, 1.54) is 60.7 Å². The quantitative estimate of drug-likeness (QED) is 0.493. The number of carbonyl (C=O) groups is 1. The zero-order valence-electron chi connectivity index (χ0n) is 19.3. The average Bonchev–Trinajstić information content (AvgIpc) is 3.10. The molecule has 1 heterocycles. The van der Waals surface area contributed by atoms with Gasteiger partial charge in [-0.05, 0) is 79.0 Å². The molecule has 3 nitrogen and oxygen atoms in total. The summed E-state index contributed by atoms with van der Waals surface area (Å²) < 4.78 is 0. The maximum Gasteiger partial charge on any atom is 0.106 e. The van der Waals surface area contributed by atoms with Crippen LogP contribution in [-0.2, 0) is 11.2 Å². The van der Waals surface area contributed by atoms with E-state index < -0.39 is 0 Å². The summed E-state index contributed by atoms with van der Waals surface area (Å²) >= 11 is 0. The number of carbonyl (C=O) groups excluding carboxylic acids is 1. The van der Waals surface area contributed by atoms with Crippen LogP contribution in [-0.4, -0.2) is 18.3 Å². The van der Waals surface area contributed by atoms with Crippen molar-refractivity contribution in [2.75, 3.05) is 11.9 Å². The number of aromatic nitrogens is 1. The second-order valence-corrected chi connectivity index (χ2v) is 9.84. The van der Waals surface area contributed by atoms with E-state index in [0.717, 1.165) is 30.7 Å². The van der Waals surface area contributed by atoms with Gasteiger partial charge in [0.05, 0.1) is 0 Å². The fraction of sp³-hybridized carbons (Fsp3) is 0.654. The summed E-state index contributed by atoms with van der Waals surface area (Å²) in [5.41, 5.74) is 4.35. The molecule has 0 bridgehead atoms. The van der Waals surface area contributed by atoms with Gasteiger partial charge in [0.25, 0.3) is 0 Å². The van der Waals surface area contributed by atoms with Crippen LogP contribution in [0.3, 0.4) is 0 Å². The third-order valence-corrected chi connectivity index (χ3v) is 6.74. The monoisotopic (exact) mass is 398 g/mol. The zero-order valence-corrected chi connectivity index (χ0v) is 19.3. The lowest BCUT2D eigenvalue weighted by atomic mass is 9.65. The highest BCUT2D eigenvalue weighted by molar-refractivity contribution is 5.86. The predicted octanol–water partition coefficient (Wildman–Crippen LogP) is 7.23. The number of rotatable bonds is 8. The number of aromatic amines is 1. The molecule has 2 N–H and O–H groups in total. The van der Waals surface area contributed by atoms with Crippen molar-refractivity contribution in [3.05, 3.63) is 30.0 Å². The lowest BCUT2D eigenvalue weighted by molar-refractivity contribution is -0.0979. The molecule has 0 radical (unpaired) electrons. The highest BCUT2D eigenvalue weighted by atomic mass is 16.1. The highest BCUT2D eigenvalue weighted by Crippen LogP contribution is 2.44. The van der Waals surface area contributed by atoms with Crippen molar-refractivity contribution in [2.45, 2.75) is 79.6 Å². The van der Waals surface area contributed by atoms with E-state index in [9.17, 15) is 0 Å². The summed E-state index contributed by atoms with van der Waals surface area (Å²) in [6, 6.07) is 6.79. The number of benzene rings is 1. The van der Waals surface area contributed by atoms with Crippen LogP contribution in [0.4, 0.5) is 5.69 Å². The van der Waals surface area contributed by atoms with E-state index in [1.54, 1.807) is 0 Å². The first-order chi connectivity index (χ1) is 13.9. The Kier molecular flexibility index (Phi) is 8.79. The van der Waals surface area contributed by atoms with E-state index in [0.29, 0.717) is 5.41 Å². The maximum atomic E-state index is 8.00. The largest absolute Gasteiger partial charge is 0.384 e. The molecule has 1 aromatic carbocycles. The van der Waals surface area contributed by atoms with Gasteiger partial charge in [-0.3, -0.25) is 0 Å². The van der Waals surface area contributed by atoms with Gasteiger partial charge in [-0.2, -0.15) is 0 Å². The van der Waals surface area contributed by atoms with Gasteiger partial charge in [-0.25, -0.2) is 0 Å². The zero-order chi connectivity index (χ0) is 21.4. The third kappa shape index (κ3) is 6.35. The molecule has 0 saturated heterocycles. The SMILES string of the molecule is C=O.CCCC(C)CC1CC(C)CC(C)(CNc2ccc3[nH]cc(CC)c3c2)C1. The number of aryl methyl sites for hydroxylation is 1. The normalized spacial score (nSPS) is 25.3. The number of hydrogen-bond acceptors (Lipinski definition) is 2. The Morgan fingerprint density at radius 2 is 2.03 bits per heavy atom. The molecule has 2 aromatic rings. The molecule has 29 heavy (non-hydrogen) atoms. The summed E-state index contributed by atoms with van der Waals surface area (Å²) in [4.78, 5) is 11.4. The van der Waals surface area contributed by atoms with Crippen molar-refractivity contribution in [2.24, 2.45) is 23.2 Å². The van der Waals surface area contributed by atoms with Crippen molar-refractivity contribution in [1.82, 2.24) is 4.98 Å². The van der Waals surface area contributed by atoms with Crippen LogP contribution < -0.4 is 5.32 Å². The smallest absolute Gasteiger partial charge is 0.106 e. The second kappa shape index (κ2) is 10.8. The minimum atomic E-state index is 0.412. The number of H-pyrrole nitrogens is 1. The molecule has 3 heteroatoms. The molecule has 4 atom stereocenters. The number of anilines is 1. The molecule has 0 amide bonds. The Bertz CT molecular complexity index is 752. The predicted molar refractivity (Wildman–Crippen MR) is 127 cm³/mol. The van der Waals surface area contributed by atoms with Crippen LogP contribution in [0, 0.1) is 23.2 Å². The molecular weight excluding hydrogens is 356 g/mol. The Morgan fingerprint density at radius 3 is 2.72 bits per heavy atom.